The molecule has 0 spiro atoms. The number of hydrogen-bond acceptors (Lipinski definition) is 2. The molecule has 1 saturated heterocycles. The molecule has 1 amide bonds. The summed E-state index contributed by atoms with van der Waals surface area (Å²) in [5, 5.41) is 5.07. The zero-order valence-corrected chi connectivity index (χ0v) is 8.42. The van der Waals surface area contributed by atoms with E-state index in [4.69, 9.17) is 0 Å². The monoisotopic (exact) mass is 225 g/mol. The molecule has 1 aromatic rings. The van der Waals surface area contributed by atoms with Gasteiger partial charge in [-0.15, -0.1) is 0 Å². The topological polar surface area (TPSA) is 53.5 Å². The first-order valence-electron chi connectivity index (χ1n) is 4.61. The fourth-order valence-corrected chi connectivity index (χ4v) is 1.51. The molecule has 1 aliphatic heterocycles. The molecule has 1 aromatic carbocycles. The second-order valence-corrected chi connectivity index (χ2v) is 3.28. The van der Waals surface area contributed by atoms with E-state index in [1.165, 1.54) is 19.2 Å². The summed E-state index contributed by atoms with van der Waals surface area (Å²) in [6, 6.07) is 2.77. The Morgan fingerprint density at radius 2 is 2.12 bits per heavy atom. The van der Waals surface area contributed by atoms with Crippen LogP contribution in [-0.4, -0.2) is 18.9 Å². The van der Waals surface area contributed by atoms with Gasteiger partial charge in [0.2, 0.25) is 0 Å². The molecular weight excluding hydrogens is 216 g/mol. The Morgan fingerprint density at radius 1 is 1.38 bits per heavy atom. The van der Waals surface area contributed by atoms with Crippen LogP contribution in [0.25, 0.3) is 0 Å². The number of hydrogen-bond donors (Lipinski definition) is 2. The van der Waals surface area contributed by atoms with E-state index in [2.05, 4.69) is 15.6 Å². The van der Waals surface area contributed by atoms with Crippen molar-refractivity contribution in [3.8, 4) is 0 Å². The molecule has 2 rings (SSSR count). The lowest BCUT2D eigenvalue weighted by molar-refractivity contribution is -0.120. The van der Waals surface area contributed by atoms with Gasteiger partial charge in [-0.2, -0.15) is 0 Å². The van der Waals surface area contributed by atoms with Crippen molar-refractivity contribution in [1.82, 2.24) is 10.6 Å². The molecule has 1 atom stereocenters. The van der Waals surface area contributed by atoms with Gasteiger partial charge in [-0.1, -0.05) is 12.1 Å². The normalized spacial score (nSPS) is 22.1. The van der Waals surface area contributed by atoms with Crippen molar-refractivity contribution in [3.63, 3.8) is 0 Å². The molecule has 2 N–H and O–H groups in total. The van der Waals surface area contributed by atoms with Gasteiger partial charge in [0.15, 0.2) is 17.6 Å². The van der Waals surface area contributed by atoms with Crippen LogP contribution in [0.1, 0.15) is 11.6 Å². The second-order valence-electron chi connectivity index (χ2n) is 3.28. The van der Waals surface area contributed by atoms with Crippen molar-refractivity contribution < 1.29 is 13.6 Å². The van der Waals surface area contributed by atoms with Gasteiger partial charge in [0.25, 0.3) is 5.91 Å². The van der Waals surface area contributed by atoms with Gasteiger partial charge in [0.1, 0.15) is 6.04 Å². The number of aliphatic imine (C=N–C) groups is 1. The van der Waals surface area contributed by atoms with Crippen LogP contribution < -0.4 is 10.6 Å². The number of benzene rings is 1. The summed E-state index contributed by atoms with van der Waals surface area (Å²) < 4.78 is 26.4. The second kappa shape index (κ2) is 3.88. The predicted octanol–water partition coefficient (Wildman–Crippen LogP) is 0.711. The van der Waals surface area contributed by atoms with Crippen LogP contribution in [0.4, 0.5) is 8.78 Å². The summed E-state index contributed by atoms with van der Waals surface area (Å²) in [6.45, 7) is 0. The quantitative estimate of drug-likeness (QED) is 0.739. The van der Waals surface area contributed by atoms with Crippen molar-refractivity contribution in [2.75, 3.05) is 7.05 Å². The van der Waals surface area contributed by atoms with E-state index in [0.29, 0.717) is 0 Å². The number of carbonyl (C=O) groups excluding carboxylic acids is 1. The molecule has 0 aromatic heterocycles. The van der Waals surface area contributed by atoms with Crippen LogP contribution in [0, 0.1) is 11.6 Å². The van der Waals surface area contributed by atoms with Crippen molar-refractivity contribution in [2.24, 2.45) is 4.99 Å². The average Bonchev–Trinajstić information content (AvgIpc) is 2.64. The SMILES string of the molecule is CN=C1NC(=O)C(c2cccc(F)c2F)N1. The van der Waals surface area contributed by atoms with Gasteiger partial charge in [-0.3, -0.25) is 15.1 Å². The van der Waals surface area contributed by atoms with E-state index in [1.807, 2.05) is 0 Å². The Bertz CT molecular complexity index is 473. The Labute approximate surface area is 90.4 Å². The minimum Gasteiger partial charge on any atom is -0.340 e. The van der Waals surface area contributed by atoms with E-state index < -0.39 is 23.6 Å². The summed E-state index contributed by atoms with van der Waals surface area (Å²) in [6.07, 6.45) is 0. The lowest BCUT2D eigenvalue weighted by atomic mass is 10.1. The maximum Gasteiger partial charge on any atom is 0.254 e. The first kappa shape index (κ1) is 10.5. The van der Waals surface area contributed by atoms with Crippen molar-refractivity contribution >= 4 is 11.9 Å². The van der Waals surface area contributed by atoms with E-state index >= 15 is 0 Å². The Morgan fingerprint density at radius 3 is 2.75 bits per heavy atom. The van der Waals surface area contributed by atoms with E-state index in [9.17, 15) is 13.6 Å². The molecular formula is C10H9F2N3O. The van der Waals surface area contributed by atoms with Crippen molar-refractivity contribution in [1.29, 1.82) is 0 Å². The summed E-state index contributed by atoms with van der Waals surface area (Å²) in [5.74, 6) is -2.20. The number of nitrogens with one attached hydrogen (secondary N) is 2. The minimum atomic E-state index is -1.02. The smallest absolute Gasteiger partial charge is 0.254 e. The average molecular weight is 225 g/mol. The van der Waals surface area contributed by atoms with Gasteiger partial charge in [0, 0.05) is 12.6 Å². The minimum absolute atomic E-state index is 0.0313. The molecule has 1 heterocycles. The number of nitrogens with zero attached hydrogens (tertiary/aromatic N) is 1. The Kier molecular flexibility index (Phi) is 2.55. The molecule has 1 fully saturated rings. The fourth-order valence-electron chi connectivity index (χ4n) is 1.51. The standard InChI is InChI=1S/C10H9F2N3O/c1-13-10-14-8(9(16)15-10)5-3-2-4-6(11)7(5)12/h2-4,8H,1H3,(H2,13,14,15,16). The molecule has 84 valence electrons. The maximum absolute atomic E-state index is 13.4. The molecule has 4 nitrogen and oxygen atoms in total. The lowest BCUT2D eigenvalue weighted by Gasteiger charge is -2.09. The molecule has 16 heavy (non-hydrogen) atoms. The van der Waals surface area contributed by atoms with Crippen molar-refractivity contribution in [3.05, 3.63) is 35.4 Å². The number of guanidine groups is 1. The molecule has 6 heteroatoms. The summed E-state index contributed by atoms with van der Waals surface area (Å²) in [7, 11) is 1.48. The van der Waals surface area contributed by atoms with Crippen molar-refractivity contribution in [2.45, 2.75) is 6.04 Å². The molecule has 0 bridgehead atoms. The van der Waals surface area contributed by atoms with Crippen LogP contribution >= 0.6 is 0 Å². The summed E-state index contributed by atoms with van der Waals surface area (Å²) in [4.78, 5) is 15.2. The molecule has 0 radical (unpaired) electrons. The highest BCUT2D eigenvalue weighted by Gasteiger charge is 2.32. The van der Waals surface area contributed by atoms with Crippen LogP contribution in [-0.2, 0) is 4.79 Å². The molecule has 0 aliphatic carbocycles. The van der Waals surface area contributed by atoms with Gasteiger partial charge >= 0.3 is 0 Å². The van der Waals surface area contributed by atoms with E-state index in [1.54, 1.807) is 0 Å². The third-order valence-corrected chi connectivity index (χ3v) is 2.30. The third-order valence-electron chi connectivity index (χ3n) is 2.30. The van der Waals surface area contributed by atoms with Crippen LogP contribution in [0.3, 0.4) is 0 Å². The highest BCUT2D eigenvalue weighted by molar-refractivity contribution is 6.06. The molecule has 1 aliphatic rings. The lowest BCUT2D eigenvalue weighted by Crippen LogP contribution is -2.24. The summed E-state index contributed by atoms with van der Waals surface area (Å²) in [5.41, 5.74) is -0.0313. The maximum atomic E-state index is 13.4. The van der Waals surface area contributed by atoms with Gasteiger partial charge in [-0.25, -0.2) is 8.78 Å². The molecule has 0 saturated carbocycles. The Hall–Kier alpha value is -1.98. The predicted molar refractivity (Wildman–Crippen MR) is 53.7 cm³/mol. The zero-order chi connectivity index (χ0) is 11.7. The number of halogens is 2. The largest absolute Gasteiger partial charge is 0.340 e. The molecule has 1 unspecified atom stereocenters. The first-order valence-corrected chi connectivity index (χ1v) is 4.61. The zero-order valence-electron chi connectivity index (χ0n) is 8.42. The van der Waals surface area contributed by atoms with Gasteiger partial charge < -0.3 is 5.32 Å². The van der Waals surface area contributed by atoms with Crippen LogP contribution in [0.15, 0.2) is 23.2 Å². The summed E-state index contributed by atoms with van der Waals surface area (Å²) >= 11 is 0. The Balaban J connectivity index is 2.39. The fraction of sp³-hybridized carbons (Fsp3) is 0.200. The van der Waals surface area contributed by atoms with Crippen LogP contribution in [0.2, 0.25) is 0 Å². The van der Waals surface area contributed by atoms with Crippen LogP contribution in [0.5, 0.6) is 0 Å². The number of carbonyl (C=O) groups is 1. The van der Waals surface area contributed by atoms with Gasteiger partial charge in [-0.05, 0) is 6.07 Å². The van der Waals surface area contributed by atoms with E-state index in [0.717, 1.165) is 6.07 Å². The third kappa shape index (κ3) is 1.62. The van der Waals surface area contributed by atoms with Gasteiger partial charge in [0.05, 0.1) is 0 Å². The first-order chi connectivity index (χ1) is 7.63. The number of amides is 1. The number of rotatable bonds is 1. The highest BCUT2D eigenvalue weighted by Crippen LogP contribution is 2.21. The van der Waals surface area contributed by atoms with E-state index in [-0.39, 0.29) is 11.5 Å². The highest BCUT2D eigenvalue weighted by atomic mass is 19.2.